The van der Waals surface area contributed by atoms with E-state index in [0.29, 0.717) is 0 Å². The first-order valence-corrected chi connectivity index (χ1v) is 9.21. The molecule has 21 heavy (non-hydrogen) atoms. The molecule has 0 saturated heterocycles. The fourth-order valence-electron chi connectivity index (χ4n) is 3.24. The molecule has 116 valence electrons. The third-order valence-electron chi connectivity index (χ3n) is 4.31. The maximum atomic E-state index is 12.1. The van der Waals surface area contributed by atoms with Crippen molar-refractivity contribution >= 4 is 27.0 Å². The smallest absolute Gasteiger partial charge is 0.152 e. The molecule has 0 radical (unpaired) electrons. The zero-order chi connectivity index (χ0) is 15.8. The Morgan fingerprint density at radius 1 is 1.38 bits per heavy atom. The normalized spacial score (nSPS) is 28.3. The Hall–Kier alpha value is -0.980. The lowest BCUT2D eigenvalue weighted by Crippen LogP contribution is -2.32. The number of nitrogens with two attached hydrogens (primary N) is 1. The SMILES string of the molecule is CCc1ccc([C@@H]2[C@H](S(C)(=O)=O)[C@@]2(COC)C(N)=S)cc1. The molecule has 1 aliphatic rings. The van der Waals surface area contributed by atoms with Crippen molar-refractivity contribution < 1.29 is 13.2 Å². The van der Waals surface area contributed by atoms with Gasteiger partial charge in [-0.25, -0.2) is 8.42 Å². The quantitative estimate of drug-likeness (QED) is 0.805. The van der Waals surface area contributed by atoms with Crippen LogP contribution in [0.25, 0.3) is 0 Å². The van der Waals surface area contributed by atoms with E-state index in [-0.39, 0.29) is 17.5 Å². The summed E-state index contributed by atoms with van der Waals surface area (Å²) in [5.41, 5.74) is 7.25. The van der Waals surface area contributed by atoms with Crippen molar-refractivity contribution in [3.63, 3.8) is 0 Å². The van der Waals surface area contributed by atoms with Gasteiger partial charge in [0.25, 0.3) is 0 Å². The first-order valence-electron chi connectivity index (χ1n) is 6.85. The molecule has 1 aromatic carbocycles. The van der Waals surface area contributed by atoms with Gasteiger partial charge in [-0.1, -0.05) is 43.4 Å². The van der Waals surface area contributed by atoms with Gasteiger partial charge in [0, 0.05) is 19.3 Å². The highest BCUT2D eigenvalue weighted by Crippen LogP contribution is 2.63. The summed E-state index contributed by atoms with van der Waals surface area (Å²) in [6.07, 6.45) is 2.18. The summed E-state index contributed by atoms with van der Waals surface area (Å²) in [6, 6.07) is 7.98. The van der Waals surface area contributed by atoms with Crippen molar-refractivity contribution in [2.75, 3.05) is 20.0 Å². The van der Waals surface area contributed by atoms with Gasteiger partial charge in [-0.05, 0) is 17.5 Å². The van der Waals surface area contributed by atoms with Gasteiger partial charge in [-0.3, -0.25) is 0 Å². The second-order valence-corrected chi connectivity index (χ2v) is 8.27. The molecule has 2 rings (SSSR count). The monoisotopic (exact) mass is 327 g/mol. The Morgan fingerprint density at radius 3 is 2.33 bits per heavy atom. The molecule has 0 aromatic heterocycles. The predicted octanol–water partition coefficient (Wildman–Crippen LogP) is 1.68. The largest absolute Gasteiger partial charge is 0.393 e. The number of thiocarbonyl (C=S) groups is 1. The molecule has 2 N–H and O–H groups in total. The number of hydrogen-bond acceptors (Lipinski definition) is 4. The maximum Gasteiger partial charge on any atom is 0.152 e. The molecular formula is C15H21NO3S2. The summed E-state index contributed by atoms with van der Waals surface area (Å²) in [7, 11) is -1.73. The topological polar surface area (TPSA) is 69.4 Å². The van der Waals surface area contributed by atoms with Crippen LogP contribution in [-0.2, 0) is 21.0 Å². The minimum atomic E-state index is -3.26. The molecule has 1 aliphatic carbocycles. The number of hydrogen-bond donors (Lipinski definition) is 1. The summed E-state index contributed by atoms with van der Waals surface area (Å²) >= 11 is 5.16. The van der Waals surface area contributed by atoms with Crippen LogP contribution in [0.2, 0.25) is 0 Å². The highest BCUT2D eigenvalue weighted by atomic mass is 32.2. The van der Waals surface area contributed by atoms with Crippen LogP contribution in [-0.4, -0.2) is 38.6 Å². The van der Waals surface area contributed by atoms with Crippen LogP contribution < -0.4 is 5.73 Å². The van der Waals surface area contributed by atoms with Crippen molar-refractivity contribution in [3.8, 4) is 0 Å². The van der Waals surface area contributed by atoms with Crippen LogP contribution in [0.3, 0.4) is 0 Å². The standard InChI is InChI=1S/C15H21NO3S2/c1-4-10-5-7-11(8-6-10)12-13(21(3,17)18)15(12,9-19-2)14(16)20/h5-8,12-13H,4,9H2,1-3H3,(H2,16,20)/t12-,13+,15+/m1/s1. The van der Waals surface area contributed by atoms with E-state index in [9.17, 15) is 8.42 Å². The molecule has 0 spiro atoms. The average Bonchev–Trinajstić information content (AvgIpc) is 3.10. The van der Waals surface area contributed by atoms with Crippen LogP contribution in [0.4, 0.5) is 0 Å². The fraction of sp³-hybridized carbons (Fsp3) is 0.533. The predicted molar refractivity (Wildman–Crippen MR) is 88.3 cm³/mol. The van der Waals surface area contributed by atoms with E-state index in [1.807, 2.05) is 24.3 Å². The summed E-state index contributed by atoms with van der Waals surface area (Å²) in [5.74, 6) is -0.226. The Labute approximate surface area is 131 Å². The lowest BCUT2D eigenvalue weighted by atomic mass is 9.98. The summed E-state index contributed by atoms with van der Waals surface area (Å²) in [4.78, 5) is 0.212. The Kier molecular flexibility index (Phi) is 4.42. The lowest BCUT2D eigenvalue weighted by molar-refractivity contribution is 0.166. The van der Waals surface area contributed by atoms with Gasteiger partial charge < -0.3 is 10.5 Å². The van der Waals surface area contributed by atoms with Crippen molar-refractivity contribution in [2.45, 2.75) is 24.5 Å². The van der Waals surface area contributed by atoms with Gasteiger partial charge in [0.05, 0.1) is 22.3 Å². The van der Waals surface area contributed by atoms with Crippen LogP contribution in [0.15, 0.2) is 24.3 Å². The number of ether oxygens (including phenoxy) is 1. The van der Waals surface area contributed by atoms with E-state index >= 15 is 0 Å². The summed E-state index contributed by atoms with van der Waals surface area (Å²) < 4.78 is 29.5. The first-order chi connectivity index (χ1) is 9.79. The highest BCUT2D eigenvalue weighted by Gasteiger charge is 2.71. The molecule has 0 unspecified atom stereocenters. The molecule has 1 saturated carbocycles. The van der Waals surface area contributed by atoms with E-state index in [2.05, 4.69) is 6.92 Å². The molecule has 6 heteroatoms. The van der Waals surface area contributed by atoms with E-state index < -0.39 is 20.5 Å². The van der Waals surface area contributed by atoms with Crippen molar-refractivity contribution in [2.24, 2.45) is 11.1 Å². The van der Waals surface area contributed by atoms with Crippen molar-refractivity contribution in [1.29, 1.82) is 0 Å². The van der Waals surface area contributed by atoms with Gasteiger partial charge in [0.15, 0.2) is 9.84 Å². The van der Waals surface area contributed by atoms with Gasteiger partial charge in [-0.2, -0.15) is 0 Å². The van der Waals surface area contributed by atoms with Crippen molar-refractivity contribution in [1.82, 2.24) is 0 Å². The second-order valence-electron chi connectivity index (χ2n) is 5.66. The number of aryl methyl sites for hydroxylation is 1. The Balaban J connectivity index is 2.46. The van der Waals surface area contributed by atoms with E-state index in [1.54, 1.807) is 0 Å². The van der Waals surface area contributed by atoms with Gasteiger partial charge in [0.2, 0.25) is 0 Å². The molecular weight excluding hydrogens is 306 g/mol. The fourth-order valence-corrected chi connectivity index (χ4v) is 5.55. The molecule has 3 atom stereocenters. The number of sulfone groups is 1. The lowest BCUT2D eigenvalue weighted by Gasteiger charge is -2.15. The Morgan fingerprint density at radius 2 is 1.95 bits per heavy atom. The molecule has 0 aliphatic heterocycles. The number of rotatable bonds is 6. The molecule has 1 fully saturated rings. The van der Waals surface area contributed by atoms with Gasteiger partial charge in [-0.15, -0.1) is 0 Å². The number of methoxy groups -OCH3 is 1. The highest BCUT2D eigenvalue weighted by molar-refractivity contribution is 7.92. The van der Waals surface area contributed by atoms with Gasteiger partial charge in [0.1, 0.15) is 0 Å². The minimum absolute atomic E-state index is 0.212. The third-order valence-corrected chi connectivity index (χ3v) is 6.30. The molecule has 0 bridgehead atoms. The first kappa shape index (κ1) is 16.4. The van der Waals surface area contributed by atoms with Crippen molar-refractivity contribution in [3.05, 3.63) is 35.4 Å². The average molecular weight is 327 g/mol. The molecule has 1 aromatic rings. The maximum absolute atomic E-state index is 12.1. The third kappa shape index (κ3) is 2.72. The second kappa shape index (κ2) is 5.66. The summed E-state index contributed by atoms with van der Waals surface area (Å²) in [5, 5.41) is -0.602. The number of benzene rings is 1. The summed E-state index contributed by atoms with van der Waals surface area (Å²) in [6.45, 7) is 2.30. The van der Waals surface area contributed by atoms with Crippen LogP contribution in [0.5, 0.6) is 0 Å². The van der Waals surface area contributed by atoms with Crippen LogP contribution in [0.1, 0.15) is 24.0 Å². The van der Waals surface area contributed by atoms with Crippen LogP contribution in [0, 0.1) is 5.41 Å². The molecule has 4 nitrogen and oxygen atoms in total. The van der Waals surface area contributed by atoms with E-state index in [1.165, 1.54) is 18.9 Å². The zero-order valence-electron chi connectivity index (χ0n) is 12.5. The zero-order valence-corrected chi connectivity index (χ0v) is 14.1. The van der Waals surface area contributed by atoms with E-state index in [4.69, 9.17) is 22.7 Å². The Bertz CT molecular complexity index is 639. The van der Waals surface area contributed by atoms with E-state index in [0.717, 1.165) is 12.0 Å². The molecule has 0 amide bonds. The van der Waals surface area contributed by atoms with Crippen LogP contribution >= 0.6 is 12.2 Å². The minimum Gasteiger partial charge on any atom is -0.393 e. The van der Waals surface area contributed by atoms with Gasteiger partial charge >= 0.3 is 0 Å². The molecule has 0 heterocycles.